The molecule has 1 fully saturated rings. The van der Waals surface area contributed by atoms with Gasteiger partial charge in [-0.1, -0.05) is 6.92 Å². The summed E-state index contributed by atoms with van der Waals surface area (Å²) in [5.74, 6) is 0.923. The molecule has 0 radical (unpaired) electrons. The molecule has 1 aliphatic rings. The Morgan fingerprint density at radius 1 is 1.28 bits per heavy atom. The van der Waals surface area contributed by atoms with Crippen molar-refractivity contribution in [1.29, 1.82) is 0 Å². The zero-order chi connectivity index (χ0) is 12.7. The van der Waals surface area contributed by atoms with Crippen molar-refractivity contribution < 1.29 is 0 Å². The molecule has 0 aromatic carbocycles. The maximum Gasteiger partial charge on any atom is 0.191 e. The van der Waals surface area contributed by atoms with Crippen LogP contribution in [-0.4, -0.2) is 49.6 Å². The Morgan fingerprint density at radius 3 is 2.33 bits per heavy atom. The molecule has 1 aliphatic carbocycles. The first-order chi connectivity index (χ1) is 8.19. The van der Waals surface area contributed by atoms with E-state index in [-0.39, 0.29) is 24.0 Å². The lowest BCUT2D eigenvalue weighted by Crippen LogP contribution is -2.44. The summed E-state index contributed by atoms with van der Waals surface area (Å²) < 4.78 is 0. The number of guanidine groups is 1. The Balaban J connectivity index is 0.00000289. The van der Waals surface area contributed by atoms with Crippen molar-refractivity contribution >= 4 is 29.9 Å². The van der Waals surface area contributed by atoms with Crippen LogP contribution in [0.1, 0.15) is 40.0 Å². The van der Waals surface area contributed by atoms with Crippen LogP contribution in [0.2, 0.25) is 0 Å². The first kappa shape index (κ1) is 18.0. The zero-order valence-electron chi connectivity index (χ0n) is 12.2. The third-order valence-electron chi connectivity index (χ3n) is 3.11. The van der Waals surface area contributed by atoms with Crippen molar-refractivity contribution in [2.45, 2.75) is 52.1 Å². The van der Waals surface area contributed by atoms with E-state index < -0.39 is 0 Å². The fraction of sp³-hybridized carbons (Fsp3) is 0.923. The zero-order valence-corrected chi connectivity index (χ0v) is 14.5. The van der Waals surface area contributed by atoms with Crippen LogP contribution in [0, 0.1) is 0 Å². The van der Waals surface area contributed by atoms with Crippen molar-refractivity contribution in [2.24, 2.45) is 4.99 Å². The molecule has 5 heteroatoms. The van der Waals surface area contributed by atoms with E-state index in [1.807, 2.05) is 7.05 Å². The highest BCUT2D eigenvalue weighted by Gasteiger charge is 2.29. The van der Waals surface area contributed by atoms with Crippen molar-refractivity contribution in [1.82, 2.24) is 15.5 Å². The number of nitrogens with zero attached hydrogens (tertiary/aromatic N) is 2. The van der Waals surface area contributed by atoms with Gasteiger partial charge in [0.2, 0.25) is 0 Å². The van der Waals surface area contributed by atoms with Gasteiger partial charge >= 0.3 is 0 Å². The van der Waals surface area contributed by atoms with E-state index in [1.54, 1.807) is 0 Å². The molecule has 1 saturated carbocycles. The van der Waals surface area contributed by atoms with Crippen LogP contribution < -0.4 is 10.6 Å². The normalized spacial score (nSPS) is 15.8. The molecule has 4 nitrogen and oxygen atoms in total. The molecule has 0 aromatic heterocycles. The molecule has 0 bridgehead atoms. The molecule has 2 N–H and O–H groups in total. The van der Waals surface area contributed by atoms with E-state index in [4.69, 9.17) is 0 Å². The lowest BCUT2D eigenvalue weighted by Gasteiger charge is -2.26. The van der Waals surface area contributed by atoms with Crippen LogP contribution in [0.25, 0.3) is 0 Å². The van der Waals surface area contributed by atoms with Gasteiger partial charge in [-0.3, -0.25) is 9.89 Å². The highest BCUT2D eigenvalue weighted by Crippen LogP contribution is 2.27. The number of nitrogens with one attached hydrogen (secondary N) is 2. The van der Waals surface area contributed by atoms with E-state index in [0.29, 0.717) is 6.04 Å². The summed E-state index contributed by atoms with van der Waals surface area (Å²) >= 11 is 0. The maximum atomic E-state index is 4.20. The Kier molecular flexibility index (Phi) is 9.81. The number of hydrogen-bond donors (Lipinski definition) is 2. The predicted molar refractivity (Wildman–Crippen MR) is 89.9 cm³/mol. The topological polar surface area (TPSA) is 39.7 Å². The first-order valence-electron chi connectivity index (χ1n) is 6.89. The molecule has 0 heterocycles. The SMILES string of the molecule is CCCNC(=NC)NCCN(C(C)C)C1CC1.I. The minimum atomic E-state index is 0. The molecule has 18 heavy (non-hydrogen) atoms. The molecule has 0 aromatic rings. The second-order valence-corrected chi connectivity index (χ2v) is 4.99. The summed E-state index contributed by atoms with van der Waals surface area (Å²) in [6.07, 6.45) is 3.88. The molecule has 0 aliphatic heterocycles. The Hall–Kier alpha value is -0.0400. The number of halogens is 1. The fourth-order valence-electron chi connectivity index (χ4n) is 2.04. The molecule has 0 atom stereocenters. The monoisotopic (exact) mass is 368 g/mol. The van der Waals surface area contributed by atoms with E-state index in [0.717, 1.165) is 38.1 Å². The molecule has 0 unspecified atom stereocenters. The molecule has 0 amide bonds. The smallest absolute Gasteiger partial charge is 0.191 e. The Labute approximate surface area is 129 Å². The van der Waals surface area contributed by atoms with Gasteiger partial charge in [-0.05, 0) is 33.1 Å². The van der Waals surface area contributed by atoms with E-state index in [1.165, 1.54) is 12.8 Å². The van der Waals surface area contributed by atoms with Gasteiger partial charge in [-0.25, -0.2) is 0 Å². The van der Waals surface area contributed by atoms with Crippen LogP contribution in [0.15, 0.2) is 4.99 Å². The fourth-order valence-corrected chi connectivity index (χ4v) is 2.04. The molecule has 0 saturated heterocycles. The Morgan fingerprint density at radius 2 is 1.89 bits per heavy atom. The van der Waals surface area contributed by atoms with Crippen molar-refractivity contribution in [2.75, 3.05) is 26.7 Å². The first-order valence-corrected chi connectivity index (χ1v) is 6.89. The minimum absolute atomic E-state index is 0. The van der Waals surface area contributed by atoms with Gasteiger partial charge in [0, 0.05) is 38.8 Å². The number of hydrogen-bond acceptors (Lipinski definition) is 2. The van der Waals surface area contributed by atoms with Gasteiger partial charge in [0.25, 0.3) is 0 Å². The van der Waals surface area contributed by atoms with E-state index >= 15 is 0 Å². The van der Waals surface area contributed by atoms with Crippen molar-refractivity contribution in [3.8, 4) is 0 Å². The molecule has 1 rings (SSSR count). The van der Waals surface area contributed by atoms with Gasteiger partial charge in [0.15, 0.2) is 5.96 Å². The quantitative estimate of drug-likeness (QED) is 0.411. The van der Waals surface area contributed by atoms with Crippen molar-refractivity contribution in [3.05, 3.63) is 0 Å². The molecule has 108 valence electrons. The van der Waals surface area contributed by atoms with Crippen LogP contribution in [0.3, 0.4) is 0 Å². The van der Waals surface area contributed by atoms with Crippen LogP contribution >= 0.6 is 24.0 Å². The molecular formula is C13H29IN4. The second-order valence-electron chi connectivity index (χ2n) is 4.99. The standard InChI is InChI=1S/C13H28N4.HI/c1-5-8-15-13(14-4)16-9-10-17(11(2)3)12-6-7-12;/h11-12H,5-10H2,1-4H3,(H2,14,15,16);1H. The highest BCUT2D eigenvalue weighted by molar-refractivity contribution is 14.0. The summed E-state index contributed by atoms with van der Waals surface area (Å²) in [4.78, 5) is 6.79. The van der Waals surface area contributed by atoms with Crippen molar-refractivity contribution in [3.63, 3.8) is 0 Å². The maximum absolute atomic E-state index is 4.20. The van der Waals surface area contributed by atoms with E-state index in [2.05, 4.69) is 41.3 Å². The van der Waals surface area contributed by atoms with Gasteiger partial charge < -0.3 is 10.6 Å². The number of aliphatic imine (C=N–C) groups is 1. The second kappa shape index (κ2) is 9.83. The third kappa shape index (κ3) is 6.78. The molecular weight excluding hydrogens is 339 g/mol. The lowest BCUT2D eigenvalue weighted by molar-refractivity contribution is 0.215. The number of rotatable bonds is 7. The average molecular weight is 368 g/mol. The van der Waals surface area contributed by atoms with Gasteiger partial charge in [-0.2, -0.15) is 0 Å². The Bertz CT molecular complexity index is 237. The minimum Gasteiger partial charge on any atom is -0.356 e. The van der Waals surface area contributed by atoms with Gasteiger partial charge in [0.1, 0.15) is 0 Å². The summed E-state index contributed by atoms with van der Waals surface area (Å²) in [6, 6.07) is 1.48. The summed E-state index contributed by atoms with van der Waals surface area (Å²) in [5, 5.41) is 6.66. The van der Waals surface area contributed by atoms with Crippen LogP contribution in [-0.2, 0) is 0 Å². The van der Waals surface area contributed by atoms with E-state index in [9.17, 15) is 0 Å². The highest BCUT2D eigenvalue weighted by atomic mass is 127. The average Bonchev–Trinajstić information content (AvgIpc) is 3.12. The van der Waals surface area contributed by atoms with Crippen LogP contribution in [0.4, 0.5) is 0 Å². The summed E-state index contributed by atoms with van der Waals surface area (Å²) in [7, 11) is 1.83. The summed E-state index contributed by atoms with van der Waals surface area (Å²) in [5.41, 5.74) is 0. The molecule has 0 spiro atoms. The predicted octanol–water partition coefficient (Wildman–Crippen LogP) is 2.05. The summed E-state index contributed by atoms with van der Waals surface area (Å²) in [6.45, 7) is 9.78. The van der Waals surface area contributed by atoms with Gasteiger partial charge in [-0.15, -0.1) is 24.0 Å². The van der Waals surface area contributed by atoms with Gasteiger partial charge in [0.05, 0.1) is 0 Å². The largest absolute Gasteiger partial charge is 0.356 e. The lowest BCUT2D eigenvalue weighted by atomic mass is 10.3. The van der Waals surface area contributed by atoms with Crippen LogP contribution in [0.5, 0.6) is 0 Å². The third-order valence-corrected chi connectivity index (χ3v) is 3.11.